The first kappa shape index (κ1) is 12.3. The molecule has 0 atom stereocenters. The molecule has 0 saturated heterocycles. The summed E-state index contributed by atoms with van der Waals surface area (Å²) in [5.41, 5.74) is 0. The van der Waals surface area contributed by atoms with Gasteiger partial charge in [0.2, 0.25) is 0 Å². The fourth-order valence-corrected chi connectivity index (χ4v) is 1.29. The molecule has 16 heavy (non-hydrogen) atoms. The number of unbranched alkanes of at least 4 members (excludes halogenated alkanes) is 3. The van der Waals surface area contributed by atoms with Gasteiger partial charge in [0.25, 0.3) is 0 Å². The molecular formula is C12H16N2O2. The van der Waals surface area contributed by atoms with Crippen LogP contribution < -0.4 is 0 Å². The number of ether oxygens (including phenoxy) is 1. The molecule has 4 heteroatoms. The van der Waals surface area contributed by atoms with Crippen molar-refractivity contribution in [2.45, 2.75) is 32.2 Å². The standard InChI is InChI=1S/C12H16N2O2/c1-16-12(15)7-5-3-2-4-6-9-14-10-8-13-11-14/h8,10-11H,2-4,6,9H2,1H3. The second-order valence-corrected chi connectivity index (χ2v) is 3.40. The average Bonchev–Trinajstić information content (AvgIpc) is 2.80. The van der Waals surface area contributed by atoms with Crippen LogP contribution >= 0.6 is 0 Å². The highest BCUT2D eigenvalue weighted by molar-refractivity contribution is 5.88. The second-order valence-electron chi connectivity index (χ2n) is 3.40. The molecule has 1 heterocycles. The Labute approximate surface area is 95.6 Å². The highest BCUT2D eigenvalue weighted by Crippen LogP contribution is 2.01. The number of methoxy groups -OCH3 is 1. The zero-order chi connectivity index (χ0) is 11.6. The van der Waals surface area contributed by atoms with Crippen molar-refractivity contribution in [3.8, 4) is 11.8 Å². The van der Waals surface area contributed by atoms with Gasteiger partial charge >= 0.3 is 5.97 Å². The Morgan fingerprint density at radius 1 is 1.44 bits per heavy atom. The highest BCUT2D eigenvalue weighted by Gasteiger charge is 1.91. The van der Waals surface area contributed by atoms with Crippen molar-refractivity contribution in [1.29, 1.82) is 0 Å². The Morgan fingerprint density at radius 3 is 3.00 bits per heavy atom. The quantitative estimate of drug-likeness (QED) is 0.328. The smallest absolute Gasteiger partial charge is 0.384 e. The predicted molar refractivity (Wildman–Crippen MR) is 60.5 cm³/mol. The molecule has 0 amide bonds. The van der Waals surface area contributed by atoms with E-state index in [1.807, 2.05) is 12.5 Å². The van der Waals surface area contributed by atoms with E-state index in [0.717, 1.165) is 32.2 Å². The summed E-state index contributed by atoms with van der Waals surface area (Å²) >= 11 is 0. The van der Waals surface area contributed by atoms with Crippen LogP contribution in [0.15, 0.2) is 18.7 Å². The topological polar surface area (TPSA) is 44.1 Å². The van der Waals surface area contributed by atoms with Crippen molar-refractivity contribution in [3.05, 3.63) is 18.7 Å². The van der Waals surface area contributed by atoms with E-state index in [9.17, 15) is 4.79 Å². The summed E-state index contributed by atoms with van der Waals surface area (Å²) in [7, 11) is 1.34. The van der Waals surface area contributed by atoms with Gasteiger partial charge in [-0.15, -0.1) is 0 Å². The number of aryl methyl sites for hydroxylation is 1. The molecule has 0 radical (unpaired) electrons. The van der Waals surface area contributed by atoms with E-state index in [-0.39, 0.29) is 0 Å². The number of hydrogen-bond donors (Lipinski definition) is 0. The molecule has 0 aliphatic rings. The number of esters is 1. The van der Waals surface area contributed by atoms with E-state index in [4.69, 9.17) is 0 Å². The van der Waals surface area contributed by atoms with Gasteiger partial charge in [-0.2, -0.15) is 0 Å². The van der Waals surface area contributed by atoms with Gasteiger partial charge < -0.3 is 9.30 Å². The summed E-state index contributed by atoms with van der Waals surface area (Å²) in [5.74, 6) is 4.74. The fourth-order valence-electron chi connectivity index (χ4n) is 1.29. The van der Waals surface area contributed by atoms with Crippen molar-refractivity contribution in [3.63, 3.8) is 0 Å². The van der Waals surface area contributed by atoms with Gasteiger partial charge in [0.05, 0.1) is 13.4 Å². The molecule has 1 aromatic rings. The average molecular weight is 220 g/mol. The van der Waals surface area contributed by atoms with Crippen LogP contribution in [0.3, 0.4) is 0 Å². The van der Waals surface area contributed by atoms with Gasteiger partial charge in [0.15, 0.2) is 0 Å². The van der Waals surface area contributed by atoms with Crippen LogP contribution in [0.1, 0.15) is 25.7 Å². The lowest BCUT2D eigenvalue weighted by molar-refractivity contribution is -0.133. The Bertz CT molecular complexity index is 360. The van der Waals surface area contributed by atoms with Crippen molar-refractivity contribution >= 4 is 5.97 Å². The fraction of sp³-hybridized carbons (Fsp3) is 0.500. The summed E-state index contributed by atoms with van der Waals surface area (Å²) in [6.45, 7) is 0.991. The van der Waals surface area contributed by atoms with Gasteiger partial charge in [-0.05, 0) is 12.8 Å². The Kier molecular flexibility index (Phi) is 5.79. The van der Waals surface area contributed by atoms with Crippen molar-refractivity contribution in [2.75, 3.05) is 7.11 Å². The third-order valence-electron chi connectivity index (χ3n) is 2.15. The summed E-state index contributed by atoms with van der Waals surface area (Å²) in [4.78, 5) is 14.6. The van der Waals surface area contributed by atoms with Crippen LogP contribution in [-0.2, 0) is 16.1 Å². The maximum Gasteiger partial charge on any atom is 0.384 e. The minimum atomic E-state index is -0.460. The minimum Gasteiger partial charge on any atom is -0.459 e. The lowest BCUT2D eigenvalue weighted by atomic mass is 10.2. The zero-order valence-corrected chi connectivity index (χ0v) is 9.48. The number of carbonyl (C=O) groups excluding carboxylic acids is 1. The molecule has 0 aliphatic carbocycles. The molecule has 0 N–H and O–H groups in total. The third-order valence-corrected chi connectivity index (χ3v) is 2.15. The molecule has 0 bridgehead atoms. The van der Waals surface area contributed by atoms with Gasteiger partial charge in [0.1, 0.15) is 0 Å². The van der Waals surface area contributed by atoms with Gasteiger partial charge in [-0.1, -0.05) is 12.3 Å². The molecule has 0 aliphatic heterocycles. The van der Waals surface area contributed by atoms with Crippen molar-refractivity contribution < 1.29 is 9.53 Å². The van der Waals surface area contributed by atoms with Crippen molar-refractivity contribution in [2.24, 2.45) is 0 Å². The number of rotatable bonds is 5. The number of carbonyl (C=O) groups is 1. The first-order valence-electron chi connectivity index (χ1n) is 5.35. The Hall–Kier alpha value is -1.76. The molecular weight excluding hydrogens is 204 g/mol. The van der Waals surface area contributed by atoms with E-state index in [0.29, 0.717) is 0 Å². The van der Waals surface area contributed by atoms with Crippen LogP contribution in [-0.4, -0.2) is 22.6 Å². The van der Waals surface area contributed by atoms with Crippen LogP contribution in [0.2, 0.25) is 0 Å². The largest absolute Gasteiger partial charge is 0.459 e. The normalized spacial score (nSPS) is 9.31. The SMILES string of the molecule is COC(=O)C#CCCCCCn1ccnc1. The lowest BCUT2D eigenvalue weighted by Gasteiger charge is -1.99. The molecule has 0 saturated carbocycles. The second kappa shape index (κ2) is 7.52. The van der Waals surface area contributed by atoms with Gasteiger partial charge in [0, 0.05) is 31.3 Å². The summed E-state index contributed by atoms with van der Waals surface area (Å²) < 4.78 is 6.46. The molecule has 0 spiro atoms. The number of aromatic nitrogens is 2. The van der Waals surface area contributed by atoms with E-state index in [2.05, 4.69) is 26.1 Å². The van der Waals surface area contributed by atoms with Crippen molar-refractivity contribution in [1.82, 2.24) is 9.55 Å². The number of hydrogen-bond acceptors (Lipinski definition) is 3. The number of imidazole rings is 1. The summed E-state index contributed by atoms with van der Waals surface area (Å²) in [5, 5.41) is 0. The van der Waals surface area contributed by atoms with E-state index in [1.165, 1.54) is 7.11 Å². The molecule has 86 valence electrons. The first-order valence-corrected chi connectivity index (χ1v) is 5.35. The van der Waals surface area contributed by atoms with E-state index >= 15 is 0 Å². The van der Waals surface area contributed by atoms with Crippen LogP contribution in [0.4, 0.5) is 0 Å². The van der Waals surface area contributed by atoms with E-state index in [1.54, 1.807) is 6.20 Å². The Morgan fingerprint density at radius 2 is 2.31 bits per heavy atom. The lowest BCUT2D eigenvalue weighted by Crippen LogP contribution is -1.95. The highest BCUT2D eigenvalue weighted by atomic mass is 16.5. The maximum atomic E-state index is 10.6. The maximum absolute atomic E-state index is 10.6. The van der Waals surface area contributed by atoms with Crippen LogP contribution in [0, 0.1) is 11.8 Å². The minimum absolute atomic E-state index is 0.460. The monoisotopic (exact) mass is 220 g/mol. The molecule has 4 nitrogen and oxygen atoms in total. The number of nitrogens with zero attached hydrogens (tertiary/aromatic N) is 2. The molecule has 1 aromatic heterocycles. The zero-order valence-electron chi connectivity index (χ0n) is 9.48. The van der Waals surface area contributed by atoms with E-state index < -0.39 is 5.97 Å². The van der Waals surface area contributed by atoms with Gasteiger partial charge in [-0.3, -0.25) is 0 Å². The van der Waals surface area contributed by atoms with Gasteiger partial charge in [-0.25, -0.2) is 9.78 Å². The Balaban J connectivity index is 1.99. The molecule has 1 rings (SSSR count). The summed E-state index contributed by atoms with van der Waals surface area (Å²) in [6.07, 6.45) is 9.53. The molecule has 0 fully saturated rings. The molecule has 0 unspecified atom stereocenters. The predicted octanol–water partition coefficient (Wildman–Crippen LogP) is 1.62. The molecule has 0 aromatic carbocycles. The van der Waals surface area contributed by atoms with Crippen LogP contribution in [0.5, 0.6) is 0 Å². The first-order chi connectivity index (χ1) is 7.83. The summed E-state index contributed by atoms with van der Waals surface area (Å²) in [6, 6.07) is 0. The van der Waals surface area contributed by atoms with Crippen LogP contribution in [0.25, 0.3) is 0 Å². The third kappa shape index (κ3) is 5.20.